The van der Waals surface area contributed by atoms with Crippen molar-refractivity contribution in [1.82, 2.24) is 10.0 Å². The number of hydrogen-bond acceptors (Lipinski definition) is 6. The third-order valence-electron chi connectivity index (χ3n) is 3.60. The summed E-state index contributed by atoms with van der Waals surface area (Å²) in [6, 6.07) is 3.46. The molecule has 9 heteroatoms. The molecule has 0 radical (unpaired) electrons. The van der Waals surface area contributed by atoms with Crippen LogP contribution >= 0.6 is 11.3 Å². The molecular formula is C12H18N2O4S3. The summed E-state index contributed by atoms with van der Waals surface area (Å²) < 4.78 is 50.0. The Bertz CT molecular complexity index is 719. The molecule has 118 valence electrons. The lowest BCUT2D eigenvalue weighted by atomic mass is 10.3. The summed E-state index contributed by atoms with van der Waals surface area (Å²) in [6.45, 7) is 0.683. The molecule has 0 spiro atoms. The van der Waals surface area contributed by atoms with Gasteiger partial charge in [0.2, 0.25) is 10.0 Å². The fourth-order valence-corrected chi connectivity index (χ4v) is 6.67. The van der Waals surface area contributed by atoms with Crippen LogP contribution in [0.4, 0.5) is 0 Å². The van der Waals surface area contributed by atoms with E-state index in [9.17, 15) is 16.8 Å². The van der Waals surface area contributed by atoms with Crippen LogP contribution in [0, 0.1) is 0 Å². The van der Waals surface area contributed by atoms with Crippen molar-refractivity contribution in [3.63, 3.8) is 0 Å². The molecule has 2 heterocycles. The second-order valence-electron chi connectivity index (χ2n) is 5.60. The predicted octanol–water partition coefficient (Wildman–Crippen LogP) is 0.465. The van der Waals surface area contributed by atoms with E-state index in [1.165, 1.54) is 24.2 Å². The molecule has 6 nitrogen and oxygen atoms in total. The molecule has 1 aliphatic heterocycles. The molecule has 0 aromatic carbocycles. The minimum absolute atomic E-state index is 0.0567. The fraction of sp³-hybridized carbons (Fsp3) is 0.667. The lowest BCUT2D eigenvalue weighted by molar-refractivity contribution is 0.564. The molecule has 1 aliphatic carbocycles. The van der Waals surface area contributed by atoms with Crippen molar-refractivity contribution in [2.24, 2.45) is 0 Å². The maximum Gasteiger partial charge on any atom is 0.250 e. The van der Waals surface area contributed by atoms with Crippen molar-refractivity contribution < 1.29 is 16.8 Å². The van der Waals surface area contributed by atoms with Gasteiger partial charge in [-0.05, 0) is 31.4 Å². The Kier molecular flexibility index (Phi) is 4.12. The van der Waals surface area contributed by atoms with Crippen LogP contribution in [-0.2, 0) is 26.4 Å². The standard InChI is InChI=1S/C12H18N2O4S3/c15-20(16)6-5-10(8-20)14-21(17,18)12-4-3-11(19-12)7-13-9-1-2-9/h3-4,9-10,13-14H,1-2,5-8H2. The van der Waals surface area contributed by atoms with Crippen LogP contribution in [0.15, 0.2) is 16.3 Å². The van der Waals surface area contributed by atoms with Gasteiger partial charge >= 0.3 is 0 Å². The zero-order chi connectivity index (χ0) is 15.1. The number of thiophene rings is 1. The van der Waals surface area contributed by atoms with E-state index in [0.717, 1.165) is 4.88 Å². The van der Waals surface area contributed by atoms with Crippen LogP contribution in [0.5, 0.6) is 0 Å². The van der Waals surface area contributed by atoms with Crippen LogP contribution < -0.4 is 10.0 Å². The molecule has 2 aliphatic rings. The first-order valence-electron chi connectivity index (χ1n) is 6.89. The zero-order valence-corrected chi connectivity index (χ0v) is 13.9. The van der Waals surface area contributed by atoms with Gasteiger partial charge in [0.1, 0.15) is 4.21 Å². The van der Waals surface area contributed by atoms with Gasteiger partial charge in [0.25, 0.3) is 0 Å². The molecule has 1 atom stereocenters. The van der Waals surface area contributed by atoms with Crippen molar-refractivity contribution in [3.05, 3.63) is 17.0 Å². The molecule has 1 aromatic heterocycles. The van der Waals surface area contributed by atoms with Crippen molar-refractivity contribution >= 4 is 31.2 Å². The third-order valence-corrected chi connectivity index (χ3v) is 8.46. The van der Waals surface area contributed by atoms with Crippen LogP contribution in [0.25, 0.3) is 0 Å². The number of sulfone groups is 1. The van der Waals surface area contributed by atoms with Gasteiger partial charge in [-0.2, -0.15) is 0 Å². The highest BCUT2D eigenvalue weighted by molar-refractivity contribution is 7.92. The van der Waals surface area contributed by atoms with E-state index in [1.807, 2.05) is 0 Å². The first kappa shape index (κ1) is 15.4. The SMILES string of the molecule is O=S1(=O)CCC(NS(=O)(=O)c2ccc(CNC3CC3)s2)C1. The van der Waals surface area contributed by atoms with Gasteiger partial charge in [-0.15, -0.1) is 11.3 Å². The summed E-state index contributed by atoms with van der Waals surface area (Å²) in [5.41, 5.74) is 0. The molecule has 0 bridgehead atoms. The average Bonchev–Trinajstić information content (AvgIpc) is 2.97. The quantitative estimate of drug-likeness (QED) is 0.778. The van der Waals surface area contributed by atoms with Gasteiger partial charge in [-0.3, -0.25) is 0 Å². The monoisotopic (exact) mass is 350 g/mol. The minimum atomic E-state index is -3.62. The highest BCUT2D eigenvalue weighted by Crippen LogP contribution is 2.25. The largest absolute Gasteiger partial charge is 0.309 e. The van der Waals surface area contributed by atoms with Gasteiger partial charge in [-0.1, -0.05) is 0 Å². The summed E-state index contributed by atoms with van der Waals surface area (Å²) in [4.78, 5) is 0.973. The van der Waals surface area contributed by atoms with Crippen molar-refractivity contribution in [2.45, 2.75) is 42.1 Å². The number of hydrogen-bond donors (Lipinski definition) is 2. The number of sulfonamides is 1. The smallest absolute Gasteiger partial charge is 0.250 e. The molecule has 0 amide bonds. The Hall–Kier alpha value is -0.480. The van der Waals surface area contributed by atoms with E-state index in [1.54, 1.807) is 12.1 Å². The Morgan fingerprint density at radius 2 is 1.95 bits per heavy atom. The average molecular weight is 350 g/mol. The van der Waals surface area contributed by atoms with E-state index in [-0.39, 0.29) is 15.7 Å². The van der Waals surface area contributed by atoms with E-state index < -0.39 is 25.9 Å². The molecule has 21 heavy (non-hydrogen) atoms. The first-order chi connectivity index (χ1) is 9.84. The van der Waals surface area contributed by atoms with E-state index in [2.05, 4.69) is 10.0 Å². The fourth-order valence-electron chi connectivity index (χ4n) is 2.30. The van der Waals surface area contributed by atoms with E-state index >= 15 is 0 Å². The molecule has 2 N–H and O–H groups in total. The normalized spacial score (nSPS) is 25.2. The molecule has 1 unspecified atom stereocenters. The molecule has 1 aromatic rings. The molecule has 1 saturated heterocycles. The molecule has 2 fully saturated rings. The highest BCUT2D eigenvalue weighted by atomic mass is 32.2. The Labute approximate surface area is 128 Å². The van der Waals surface area contributed by atoms with Crippen molar-refractivity contribution in [1.29, 1.82) is 0 Å². The summed E-state index contributed by atoms with van der Waals surface area (Å²) >= 11 is 1.23. The van der Waals surface area contributed by atoms with Gasteiger partial charge in [0.15, 0.2) is 9.84 Å². The Morgan fingerprint density at radius 1 is 1.19 bits per heavy atom. The van der Waals surface area contributed by atoms with Crippen LogP contribution in [0.3, 0.4) is 0 Å². The summed E-state index contributed by atoms with van der Waals surface area (Å²) in [5.74, 6) is -0.0467. The van der Waals surface area contributed by atoms with E-state index in [0.29, 0.717) is 19.0 Å². The first-order valence-corrected chi connectivity index (χ1v) is 11.0. The Morgan fingerprint density at radius 3 is 2.57 bits per heavy atom. The molecule has 3 rings (SSSR count). The lowest BCUT2D eigenvalue weighted by Crippen LogP contribution is -2.35. The summed E-state index contributed by atoms with van der Waals surface area (Å²) in [6.07, 6.45) is 2.73. The van der Waals surface area contributed by atoms with Crippen LogP contribution in [0.1, 0.15) is 24.1 Å². The van der Waals surface area contributed by atoms with Gasteiger partial charge in [0.05, 0.1) is 11.5 Å². The van der Waals surface area contributed by atoms with Gasteiger partial charge in [0, 0.05) is 23.5 Å². The number of nitrogens with one attached hydrogen (secondary N) is 2. The molecular weight excluding hydrogens is 332 g/mol. The summed E-state index contributed by atoms with van der Waals surface area (Å²) in [7, 11) is -6.71. The van der Waals surface area contributed by atoms with E-state index in [4.69, 9.17) is 0 Å². The minimum Gasteiger partial charge on any atom is -0.309 e. The maximum absolute atomic E-state index is 12.2. The predicted molar refractivity (Wildman–Crippen MR) is 81.6 cm³/mol. The molecule has 1 saturated carbocycles. The zero-order valence-electron chi connectivity index (χ0n) is 11.4. The Balaban J connectivity index is 1.64. The van der Waals surface area contributed by atoms with Crippen molar-refractivity contribution in [3.8, 4) is 0 Å². The summed E-state index contributed by atoms with van der Waals surface area (Å²) in [5, 5.41) is 3.34. The van der Waals surface area contributed by atoms with Gasteiger partial charge < -0.3 is 5.32 Å². The van der Waals surface area contributed by atoms with Crippen LogP contribution in [-0.4, -0.2) is 40.4 Å². The number of rotatable bonds is 6. The maximum atomic E-state index is 12.2. The highest BCUT2D eigenvalue weighted by Gasteiger charge is 2.32. The topological polar surface area (TPSA) is 92.3 Å². The third kappa shape index (κ3) is 4.04. The second kappa shape index (κ2) is 5.62. The second-order valence-corrected chi connectivity index (χ2v) is 10.9. The van der Waals surface area contributed by atoms with Gasteiger partial charge in [-0.25, -0.2) is 21.6 Å². The lowest BCUT2D eigenvalue weighted by Gasteiger charge is -2.09. The van der Waals surface area contributed by atoms with Crippen molar-refractivity contribution in [2.75, 3.05) is 11.5 Å². The van der Waals surface area contributed by atoms with Crippen LogP contribution in [0.2, 0.25) is 0 Å².